The van der Waals surface area contributed by atoms with Gasteiger partial charge >= 0.3 is 12.1 Å². The first-order chi connectivity index (χ1) is 10.7. The lowest BCUT2D eigenvalue weighted by Gasteiger charge is -2.25. The zero-order valence-corrected chi connectivity index (χ0v) is 12.0. The van der Waals surface area contributed by atoms with E-state index in [4.69, 9.17) is 5.11 Å². The van der Waals surface area contributed by atoms with Crippen molar-refractivity contribution in [3.8, 4) is 0 Å². The lowest BCUT2D eigenvalue weighted by molar-refractivity contribution is -0.165. The molecule has 0 saturated carbocycles. The van der Waals surface area contributed by atoms with Crippen LogP contribution in [-0.4, -0.2) is 47.6 Å². The first-order valence-corrected chi connectivity index (χ1v) is 6.95. The van der Waals surface area contributed by atoms with Crippen molar-refractivity contribution in [2.24, 2.45) is 5.92 Å². The molecule has 1 aromatic rings. The van der Waals surface area contributed by atoms with E-state index in [1.807, 2.05) is 0 Å². The van der Waals surface area contributed by atoms with Crippen LogP contribution in [0.2, 0.25) is 0 Å². The van der Waals surface area contributed by atoms with E-state index >= 15 is 0 Å². The van der Waals surface area contributed by atoms with Crippen molar-refractivity contribution in [1.29, 1.82) is 0 Å². The third-order valence-electron chi connectivity index (χ3n) is 4.00. The zero-order valence-electron chi connectivity index (χ0n) is 12.0. The van der Waals surface area contributed by atoms with Crippen LogP contribution in [-0.2, 0) is 9.59 Å². The summed E-state index contributed by atoms with van der Waals surface area (Å²) >= 11 is 0. The number of alkyl halides is 3. The summed E-state index contributed by atoms with van der Waals surface area (Å²) in [6.07, 6.45) is -5.54. The fourth-order valence-corrected chi connectivity index (χ4v) is 2.93. The number of nitrogens with zero attached hydrogens (tertiary/aromatic N) is 1. The van der Waals surface area contributed by atoms with Crippen LogP contribution >= 0.6 is 0 Å². The molecule has 1 unspecified atom stereocenters. The Kier molecular flexibility index (Phi) is 5.03. The predicted octanol–water partition coefficient (Wildman–Crippen LogP) is 2.45. The van der Waals surface area contributed by atoms with Gasteiger partial charge in [0.1, 0.15) is 18.1 Å². The Balaban J connectivity index is 2.23. The zero-order chi connectivity index (χ0) is 17.2. The molecule has 0 aliphatic carbocycles. The molecule has 0 bridgehead atoms. The Morgan fingerprint density at radius 3 is 2.61 bits per heavy atom. The van der Waals surface area contributed by atoms with E-state index in [0.717, 1.165) is 4.90 Å². The molecule has 0 amide bonds. The molecule has 4 nitrogen and oxygen atoms in total. The van der Waals surface area contributed by atoms with Crippen LogP contribution in [0.3, 0.4) is 0 Å². The molecular formula is C15H15F4NO3. The summed E-state index contributed by atoms with van der Waals surface area (Å²) in [5.74, 6) is -3.31. The van der Waals surface area contributed by atoms with E-state index < -0.39 is 42.3 Å². The topological polar surface area (TPSA) is 57.6 Å². The Morgan fingerprint density at radius 1 is 1.39 bits per heavy atom. The van der Waals surface area contributed by atoms with Crippen LogP contribution < -0.4 is 0 Å². The number of hydrogen-bond acceptors (Lipinski definition) is 3. The number of likely N-dealkylation sites (tertiary alicyclic amines) is 1. The van der Waals surface area contributed by atoms with Gasteiger partial charge in [-0.05, 0) is 17.7 Å². The summed E-state index contributed by atoms with van der Waals surface area (Å²) in [5, 5.41) is 9.07. The number of hydrogen-bond donors (Lipinski definition) is 1. The Morgan fingerprint density at radius 2 is 2.09 bits per heavy atom. The van der Waals surface area contributed by atoms with Gasteiger partial charge in [0, 0.05) is 24.9 Å². The number of rotatable bonds is 5. The van der Waals surface area contributed by atoms with Crippen LogP contribution in [0.1, 0.15) is 17.9 Å². The van der Waals surface area contributed by atoms with Crippen molar-refractivity contribution in [3.05, 3.63) is 35.6 Å². The lowest BCUT2D eigenvalue weighted by Crippen LogP contribution is -2.43. The molecule has 8 heteroatoms. The minimum Gasteiger partial charge on any atom is -0.480 e. The van der Waals surface area contributed by atoms with Gasteiger partial charge in [0.15, 0.2) is 0 Å². The van der Waals surface area contributed by atoms with Crippen molar-refractivity contribution in [3.63, 3.8) is 0 Å². The molecular weight excluding hydrogens is 318 g/mol. The molecule has 3 atom stereocenters. The maximum Gasteiger partial charge on any atom is 0.391 e. The van der Waals surface area contributed by atoms with E-state index in [0.29, 0.717) is 11.8 Å². The molecule has 126 valence electrons. The smallest absolute Gasteiger partial charge is 0.391 e. The SMILES string of the molecule is O=C[C@H]1CN(C(CC(F)(F)F)C(=O)O)C[C@@H]1c1cccc(F)c1. The van der Waals surface area contributed by atoms with Crippen LogP contribution in [0.25, 0.3) is 0 Å². The average Bonchev–Trinajstić information content (AvgIpc) is 2.87. The number of benzene rings is 1. The maximum absolute atomic E-state index is 13.3. The lowest BCUT2D eigenvalue weighted by atomic mass is 9.90. The molecule has 23 heavy (non-hydrogen) atoms. The summed E-state index contributed by atoms with van der Waals surface area (Å²) in [4.78, 5) is 23.5. The molecule has 1 aliphatic rings. The second kappa shape index (κ2) is 6.66. The fourth-order valence-electron chi connectivity index (χ4n) is 2.93. The average molecular weight is 333 g/mol. The highest BCUT2D eigenvalue weighted by molar-refractivity contribution is 5.74. The van der Waals surface area contributed by atoms with Crippen LogP contribution in [0.15, 0.2) is 24.3 Å². The van der Waals surface area contributed by atoms with Gasteiger partial charge in [0.05, 0.1) is 6.42 Å². The van der Waals surface area contributed by atoms with Crippen molar-refractivity contribution in [2.45, 2.75) is 24.6 Å². The molecule has 1 saturated heterocycles. The number of aliphatic carboxylic acids is 1. The summed E-state index contributed by atoms with van der Waals surface area (Å²) in [6.45, 7) is -0.141. The summed E-state index contributed by atoms with van der Waals surface area (Å²) in [6, 6.07) is 3.70. The quantitative estimate of drug-likeness (QED) is 0.664. The monoisotopic (exact) mass is 333 g/mol. The van der Waals surface area contributed by atoms with E-state index in [-0.39, 0.29) is 13.1 Å². The van der Waals surface area contributed by atoms with Crippen molar-refractivity contribution in [1.82, 2.24) is 4.90 Å². The highest BCUT2D eigenvalue weighted by Gasteiger charge is 2.44. The number of carboxylic acids is 1. The van der Waals surface area contributed by atoms with Gasteiger partial charge in [-0.25, -0.2) is 4.39 Å². The van der Waals surface area contributed by atoms with Gasteiger partial charge in [0.25, 0.3) is 0 Å². The summed E-state index contributed by atoms with van der Waals surface area (Å²) in [7, 11) is 0. The Bertz CT molecular complexity index is 590. The van der Waals surface area contributed by atoms with Gasteiger partial charge in [-0.2, -0.15) is 13.2 Å². The highest BCUT2D eigenvalue weighted by Crippen LogP contribution is 2.35. The third kappa shape index (κ3) is 4.28. The molecule has 1 aromatic carbocycles. The largest absolute Gasteiger partial charge is 0.480 e. The molecule has 1 N–H and O–H groups in total. The minimum atomic E-state index is -4.63. The second-order valence-corrected chi connectivity index (χ2v) is 5.59. The number of halogens is 4. The Labute approximate surface area is 129 Å². The molecule has 2 rings (SSSR count). The van der Waals surface area contributed by atoms with Crippen LogP contribution in [0, 0.1) is 11.7 Å². The molecule has 1 fully saturated rings. The number of carboxylic acid groups (broad SMARTS) is 1. The fraction of sp³-hybridized carbons (Fsp3) is 0.467. The first-order valence-electron chi connectivity index (χ1n) is 6.95. The van der Waals surface area contributed by atoms with Crippen molar-refractivity contribution >= 4 is 12.3 Å². The standard InChI is InChI=1S/C15H15F4NO3/c16-11-3-1-2-9(4-11)12-7-20(6-10(12)8-21)13(14(22)23)5-15(17,18)19/h1-4,8,10,12-13H,5-7H2,(H,22,23)/t10-,12-,13?/m1/s1. The van der Waals surface area contributed by atoms with Gasteiger partial charge in [-0.1, -0.05) is 12.1 Å². The van der Waals surface area contributed by atoms with Gasteiger partial charge in [0.2, 0.25) is 0 Å². The molecule has 0 spiro atoms. The molecule has 0 aromatic heterocycles. The minimum absolute atomic E-state index is 0.0418. The normalized spacial score (nSPS) is 23.7. The van der Waals surface area contributed by atoms with E-state index in [1.165, 1.54) is 18.2 Å². The molecule has 1 heterocycles. The van der Waals surface area contributed by atoms with Gasteiger partial charge in [-0.3, -0.25) is 9.69 Å². The van der Waals surface area contributed by atoms with Crippen LogP contribution in [0.5, 0.6) is 0 Å². The first kappa shape index (κ1) is 17.4. The number of carbonyl (C=O) groups is 2. The molecule has 1 aliphatic heterocycles. The second-order valence-electron chi connectivity index (χ2n) is 5.59. The summed E-state index contributed by atoms with van der Waals surface area (Å²) < 4.78 is 51.0. The van der Waals surface area contributed by atoms with E-state index in [2.05, 4.69) is 0 Å². The maximum atomic E-state index is 13.3. The number of carbonyl (C=O) groups excluding carboxylic acids is 1. The van der Waals surface area contributed by atoms with Crippen molar-refractivity contribution in [2.75, 3.05) is 13.1 Å². The van der Waals surface area contributed by atoms with Gasteiger partial charge in [-0.15, -0.1) is 0 Å². The molecule has 0 radical (unpaired) electrons. The van der Waals surface area contributed by atoms with Crippen LogP contribution in [0.4, 0.5) is 17.6 Å². The predicted molar refractivity (Wildman–Crippen MR) is 72.4 cm³/mol. The van der Waals surface area contributed by atoms with Gasteiger partial charge < -0.3 is 9.90 Å². The van der Waals surface area contributed by atoms with Crippen molar-refractivity contribution < 1.29 is 32.3 Å². The van der Waals surface area contributed by atoms with E-state index in [9.17, 15) is 27.2 Å². The number of aldehydes is 1. The highest BCUT2D eigenvalue weighted by atomic mass is 19.4. The third-order valence-corrected chi connectivity index (χ3v) is 4.00. The van der Waals surface area contributed by atoms with E-state index in [1.54, 1.807) is 6.07 Å². The Hall–Kier alpha value is -1.96. The summed E-state index contributed by atoms with van der Waals surface area (Å²) in [5.41, 5.74) is 0.473.